The van der Waals surface area contributed by atoms with E-state index in [1.807, 2.05) is 0 Å². The molecule has 0 unspecified atom stereocenters. The molecule has 0 amide bonds. The summed E-state index contributed by atoms with van der Waals surface area (Å²) in [5.74, 6) is -0.907. The van der Waals surface area contributed by atoms with Crippen molar-refractivity contribution in [2.75, 3.05) is 7.11 Å². The zero-order valence-corrected chi connectivity index (χ0v) is 14.3. The minimum Gasteiger partial charge on any atom is -0.497 e. The molecule has 2 heterocycles. The monoisotopic (exact) mass is 363 g/mol. The van der Waals surface area contributed by atoms with Crippen LogP contribution in [0.25, 0.3) is 28.0 Å². The number of pyridine rings is 1. The second-order valence-electron chi connectivity index (χ2n) is 5.83. The Hall–Kier alpha value is -3.74. The van der Waals surface area contributed by atoms with Gasteiger partial charge in [-0.05, 0) is 42.5 Å². The van der Waals surface area contributed by atoms with Crippen molar-refractivity contribution in [3.63, 3.8) is 0 Å². The van der Waals surface area contributed by atoms with Gasteiger partial charge in [-0.2, -0.15) is 5.10 Å². The summed E-state index contributed by atoms with van der Waals surface area (Å²) in [6.07, 6.45) is 1.38. The molecule has 134 valence electrons. The first-order valence-electron chi connectivity index (χ1n) is 8.10. The van der Waals surface area contributed by atoms with Gasteiger partial charge < -0.3 is 9.84 Å². The number of para-hydroxylation sites is 1. The normalized spacial score (nSPS) is 10.9. The summed E-state index contributed by atoms with van der Waals surface area (Å²) < 4.78 is 20.7. The highest BCUT2D eigenvalue weighted by atomic mass is 19.1. The lowest BCUT2D eigenvalue weighted by atomic mass is 10.1. The topological polar surface area (TPSA) is 77.2 Å². The predicted molar refractivity (Wildman–Crippen MR) is 97.8 cm³/mol. The third-order valence-electron chi connectivity index (χ3n) is 4.24. The Morgan fingerprint density at radius 1 is 1.15 bits per heavy atom. The number of fused-ring (bicyclic) bond motifs is 1. The zero-order valence-electron chi connectivity index (χ0n) is 14.3. The largest absolute Gasteiger partial charge is 0.497 e. The quantitative estimate of drug-likeness (QED) is 0.594. The van der Waals surface area contributed by atoms with Crippen molar-refractivity contribution in [2.24, 2.45) is 0 Å². The molecule has 0 bridgehead atoms. The number of aromatic carboxylic acids is 1. The first-order valence-corrected chi connectivity index (χ1v) is 8.10. The Bertz CT molecular complexity index is 1150. The Balaban J connectivity index is 1.97. The fourth-order valence-electron chi connectivity index (χ4n) is 2.89. The van der Waals surface area contributed by atoms with Gasteiger partial charge in [0.25, 0.3) is 0 Å². The first-order chi connectivity index (χ1) is 13.1. The average molecular weight is 363 g/mol. The second-order valence-corrected chi connectivity index (χ2v) is 5.83. The van der Waals surface area contributed by atoms with Crippen molar-refractivity contribution >= 4 is 17.0 Å². The Morgan fingerprint density at radius 2 is 1.89 bits per heavy atom. The molecule has 0 saturated carbocycles. The molecule has 27 heavy (non-hydrogen) atoms. The summed E-state index contributed by atoms with van der Waals surface area (Å²) in [6.45, 7) is 0. The molecule has 0 fully saturated rings. The molecule has 2 aromatic carbocycles. The molecule has 2 aromatic heterocycles. The maximum atomic E-state index is 14.2. The Labute approximate surface area is 153 Å². The average Bonchev–Trinajstić information content (AvgIpc) is 3.11. The van der Waals surface area contributed by atoms with Gasteiger partial charge in [-0.3, -0.25) is 0 Å². The van der Waals surface area contributed by atoms with E-state index in [0.29, 0.717) is 22.4 Å². The highest BCUT2D eigenvalue weighted by Gasteiger charge is 2.18. The van der Waals surface area contributed by atoms with Crippen molar-refractivity contribution in [1.82, 2.24) is 14.8 Å². The Morgan fingerprint density at radius 3 is 2.56 bits per heavy atom. The molecule has 0 aliphatic rings. The number of hydrogen-bond acceptors (Lipinski definition) is 4. The van der Waals surface area contributed by atoms with Gasteiger partial charge >= 0.3 is 5.97 Å². The van der Waals surface area contributed by atoms with Crippen LogP contribution in [0.1, 0.15) is 10.4 Å². The standard InChI is InChI=1S/C20H14FN3O3/c1-27-13-8-6-12(7-9-13)17-10-14(20(25)26)15-11-22-24(19(15)23-17)18-5-3-2-4-16(18)21/h2-11H,1H3,(H,25,26). The van der Waals surface area contributed by atoms with Crippen molar-refractivity contribution in [3.05, 3.63) is 72.2 Å². The third kappa shape index (κ3) is 2.89. The highest BCUT2D eigenvalue weighted by molar-refractivity contribution is 6.03. The van der Waals surface area contributed by atoms with Gasteiger partial charge in [0.15, 0.2) is 5.65 Å². The van der Waals surface area contributed by atoms with E-state index < -0.39 is 11.8 Å². The van der Waals surface area contributed by atoms with Gasteiger partial charge in [0.1, 0.15) is 17.3 Å². The van der Waals surface area contributed by atoms with Gasteiger partial charge in [-0.1, -0.05) is 12.1 Å². The number of aromatic nitrogens is 3. The summed E-state index contributed by atoms with van der Waals surface area (Å²) in [6, 6.07) is 14.7. The predicted octanol–water partition coefficient (Wildman–Crippen LogP) is 3.93. The first kappa shape index (κ1) is 16.7. The van der Waals surface area contributed by atoms with Crippen LogP contribution >= 0.6 is 0 Å². The van der Waals surface area contributed by atoms with Crippen LogP contribution in [0.4, 0.5) is 4.39 Å². The summed E-state index contributed by atoms with van der Waals surface area (Å²) in [7, 11) is 1.56. The van der Waals surface area contributed by atoms with Crippen LogP contribution in [0, 0.1) is 5.82 Å². The van der Waals surface area contributed by atoms with Crippen molar-refractivity contribution in [1.29, 1.82) is 0 Å². The molecular formula is C20H14FN3O3. The molecule has 0 radical (unpaired) electrons. The van der Waals surface area contributed by atoms with Gasteiger partial charge in [0.05, 0.1) is 30.0 Å². The van der Waals surface area contributed by atoms with E-state index in [1.165, 1.54) is 23.0 Å². The Kier molecular flexibility index (Phi) is 4.04. The minimum atomic E-state index is -1.11. The molecule has 6 nitrogen and oxygen atoms in total. The molecule has 4 aromatic rings. The van der Waals surface area contributed by atoms with E-state index in [4.69, 9.17) is 4.74 Å². The number of carboxylic acids is 1. The summed E-state index contributed by atoms with van der Waals surface area (Å²) in [4.78, 5) is 16.3. The van der Waals surface area contributed by atoms with Crippen LogP contribution in [0.15, 0.2) is 60.8 Å². The van der Waals surface area contributed by atoms with Crippen LogP contribution in [-0.2, 0) is 0 Å². The van der Waals surface area contributed by atoms with Gasteiger partial charge in [0.2, 0.25) is 0 Å². The van der Waals surface area contributed by atoms with Crippen LogP contribution in [0.3, 0.4) is 0 Å². The molecule has 0 spiro atoms. The van der Waals surface area contributed by atoms with Crippen molar-refractivity contribution in [3.8, 4) is 22.7 Å². The van der Waals surface area contributed by atoms with E-state index in [9.17, 15) is 14.3 Å². The van der Waals surface area contributed by atoms with E-state index in [-0.39, 0.29) is 16.9 Å². The number of hydrogen-bond donors (Lipinski definition) is 1. The number of benzene rings is 2. The second kappa shape index (κ2) is 6.53. The highest BCUT2D eigenvalue weighted by Crippen LogP contribution is 2.28. The van der Waals surface area contributed by atoms with Crippen molar-refractivity contribution in [2.45, 2.75) is 0 Å². The lowest BCUT2D eigenvalue weighted by Gasteiger charge is -2.08. The number of nitrogens with zero attached hydrogens (tertiary/aromatic N) is 3. The summed E-state index contributed by atoms with van der Waals surface area (Å²) in [5.41, 5.74) is 1.67. The minimum absolute atomic E-state index is 0.0495. The van der Waals surface area contributed by atoms with E-state index in [0.717, 1.165) is 0 Å². The SMILES string of the molecule is COc1ccc(-c2cc(C(=O)O)c3cnn(-c4ccccc4F)c3n2)cc1. The van der Waals surface area contributed by atoms with Crippen LogP contribution in [-0.4, -0.2) is 33.0 Å². The fourth-order valence-corrected chi connectivity index (χ4v) is 2.89. The smallest absolute Gasteiger partial charge is 0.336 e. The zero-order chi connectivity index (χ0) is 19.0. The molecule has 0 atom stereocenters. The number of methoxy groups -OCH3 is 1. The van der Waals surface area contributed by atoms with Gasteiger partial charge in [0, 0.05) is 5.56 Å². The lowest BCUT2D eigenvalue weighted by Crippen LogP contribution is -2.03. The van der Waals surface area contributed by atoms with E-state index in [1.54, 1.807) is 49.6 Å². The number of carboxylic acid groups (broad SMARTS) is 1. The number of rotatable bonds is 4. The van der Waals surface area contributed by atoms with Crippen LogP contribution < -0.4 is 4.74 Å². The maximum Gasteiger partial charge on any atom is 0.336 e. The lowest BCUT2D eigenvalue weighted by molar-refractivity contribution is 0.0699. The number of carbonyl (C=O) groups is 1. The fraction of sp³-hybridized carbons (Fsp3) is 0.0500. The third-order valence-corrected chi connectivity index (χ3v) is 4.24. The number of halogens is 1. The number of ether oxygens (including phenoxy) is 1. The van der Waals surface area contributed by atoms with Gasteiger partial charge in [-0.25, -0.2) is 18.9 Å². The van der Waals surface area contributed by atoms with Crippen LogP contribution in [0.2, 0.25) is 0 Å². The molecule has 7 heteroatoms. The summed E-state index contributed by atoms with van der Waals surface area (Å²) in [5, 5.41) is 14.1. The van der Waals surface area contributed by atoms with Crippen molar-refractivity contribution < 1.29 is 19.0 Å². The molecular weight excluding hydrogens is 349 g/mol. The molecule has 0 saturated heterocycles. The molecule has 0 aliphatic carbocycles. The molecule has 0 aliphatic heterocycles. The molecule has 4 rings (SSSR count). The summed E-state index contributed by atoms with van der Waals surface area (Å²) >= 11 is 0. The van der Waals surface area contributed by atoms with E-state index >= 15 is 0 Å². The molecule has 1 N–H and O–H groups in total. The van der Waals surface area contributed by atoms with Crippen LogP contribution in [0.5, 0.6) is 5.75 Å². The van der Waals surface area contributed by atoms with E-state index in [2.05, 4.69) is 10.1 Å². The maximum absolute atomic E-state index is 14.2. The van der Waals surface area contributed by atoms with Gasteiger partial charge in [-0.15, -0.1) is 0 Å².